The largest absolute Gasteiger partial charge is 0.466 e. The maximum Gasteiger partial charge on any atom is 0.332 e. The first-order valence-corrected chi connectivity index (χ1v) is 6.04. The molecule has 0 aliphatic carbocycles. The van der Waals surface area contributed by atoms with Crippen molar-refractivity contribution in [2.24, 2.45) is 0 Å². The van der Waals surface area contributed by atoms with Crippen molar-refractivity contribution in [2.75, 3.05) is 7.11 Å². The molecule has 1 aromatic rings. The Hall–Kier alpha value is -2.60. The van der Waals surface area contributed by atoms with Crippen LogP contribution in [0.15, 0.2) is 60.7 Å². The zero-order valence-electron chi connectivity index (χ0n) is 11.9. The summed E-state index contributed by atoms with van der Waals surface area (Å²) in [6.07, 6.45) is 4.56. The minimum Gasteiger partial charge on any atom is -0.466 e. The predicted molar refractivity (Wildman–Crippen MR) is 81.7 cm³/mol. The van der Waals surface area contributed by atoms with Crippen LogP contribution in [0.4, 0.5) is 0 Å². The third-order valence-electron chi connectivity index (χ3n) is 2.17. The lowest BCUT2D eigenvalue weighted by Crippen LogP contribution is -1.98. The van der Waals surface area contributed by atoms with Gasteiger partial charge in [0.05, 0.1) is 13.2 Å². The molecule has 1 rings (SSSR count). The summed E-state index contributed by atoms with van der Waals surface area (Å²) in [6, 6.07) is 12.0. The van der Waals surface area contributed by atoms with Crippen molar-refractivity contribution in [2.45, 2.75) is 13.3 Å². The SMILES string of the molecule is C=C(C#N)CC=Cc1ccccc1.C=C(C)C(=O)OC. The minimum absolute atomic E-state index is 0.347. The van der Waals surface area contributed by atoms with Crippen LogP contribution >= 0.6 is 0 Å². The number of ether oxygens (including phenoxy) is 1. The second-order valence-electron chi connectivity index (χ2n) is 4.00. The molecule has 0 bridgehead atoms. The van der Waals surface area contributed by atoms with Crippen LogP contribution < -0.4 is 0 Å². The van der Waals surface area contributed by atoms with Crippen molar-refractivity contribution in [3.63, 3.8) is 0 Å². The third-order valence-corrected chi connectivity index (χ3v) is 2.17. The van der Waals surface area contributed by atoms with Crippen molar-refractivity contribution in [3.05, 3.63) is 66.3 Å². The van der Waals surface area contributed by atoms with E-state index in [4.69, 9.17) is 5.26 Å². The van der Waals surface area contributed by atoms with Crippen molar-refractivity contribution in [3.8, 4) is 6.07 Å². The molecule has 0 saturated carbocycles. The molecular weight excluding hydrogens is 250 g/mol. The number of nitriles is 1. The molecule has 0 spiro atoms. The first-order chi connectivity index (χ1) is 9.51. The van der Waals surface area contributed by atoms with Gasteiger partial charge in [-0.05, 0) is 12.5 Å². The molecule has 0 atom stereocenters. The normalized spacial score (nSPS) is 9.05. The number of benzene rings is 1. The van der Waals surface area contributed by atoms with E-state index in [1.807, 2.05) is 48.6 Å². The van der Waals surface area contributed by atoms with E-state index < -0.39 is 0 Å². The molecule has 104 valence electrons. The Morgan fingerprint density at radius 2 is 1.95 bits per heavy atom. The standard InChI is InChI=1S/C12H11N.C5H8O2/c1-11(10-13)6-5-9-12-7-3-2-4-8-12;1-4(2)5(6)7-3/h2-5,7-9H,1,6H2;1H2,2-3H3. The number of esters is 1. The highest BCUT2D eigenvalue weighted by Crippen LogP contribution is 2.04. The molecule has 0 heterocycles. The highest BCUT2D eigenvalue weighted by Gasteiger charge is 1.95. The molecule has 3 nitrogen and oxygen atoms in total. The minimum atomic E-state index is -0.347. The Kier molecular flexibility index (Phi) is 8.99. The van der Waals surface area contributed by atoms with Gasteiger partial charge in [-0.3, -0.25) is 0 Å². The molecule has 0 aliphatic rings. The van der Waals surface area contributed by atoms with Crippen LogP contribution in [0, 0.1) is 11.3 Å². The monoisotopic (exact) mass is 269 g/mol. The van der Waals surface area contributed by atoms with Crippen molar-refractivity contribution in [1.29, 1.82) is 5.26 Å². The molecular formula is C17H19NO2. The van der Waals surface area contributed by atoms with Crippen LogP contribution in [-0.2, 0) is 9.53 Å². The fourth-order valence-corrected chi connectivity index (χ4v) is 1.12. The number of hydrogen-bond donors (Lipinski definition) is 0. The van der Waals surface area contributed by atoms with Crippen LogP contribution in [0.5, 0.6) is 0 Å². The number of methoxy groups -OCH3 is 1. The van der Waals surface area contributed by atoms with Gasteiger partial charge in [0, 0.05) is 17.6 Å². The van der Waals surface area contributed by atoms with Crippen molar-refractivity contribution < 1.29 is 9.53 Å². The lowest BCUT2D eigenvalue weighted by Gasteiger charge is -1.91. The van der Waals surface area contributed by atoms with Gasteiger partial charge in [0.25, 0.3) is 0 Å². The van der Waals surface area contributed by atoms with Crippen LogP contribution in [0.3, 0.4) is 0 Å². The van der Waals surface area contributed by atoms with E-state index in [0.29, 0.717) is 17.6 Å². The summed E-state index contributed by atoms with van der Waals surface area (Å²) in [5.74, 6) is -0.347. The van der Waals surface area contributed by atoms with Crippen molar-refractivity contribution in [1.82, 2.24) is 0 Å². The third kappa shape index (κ3) is 8.48. The summed E-state index contributed by atoms with van der Waals surface area (Å²) < 4.78 is 4.27. The fraction of sp³-hybridized carbons (Fsp3) is 0.176. The second kappa shape index (κ2) is 10.3. The van der Waals surface area contributed by atoms with Crippen molar-refractivity contribution >= 4 is 12.0 Å². The molecule has 0 amide bonds. The molecule has 0 N–H and O–H groups in total. The molecule has 1 aromatic carbocycles. The average molecular weight is 269 g/mol. The first-order valence-electron chi connectivity index (χ1n) is 6.04. The van der Waals surface area contributed by atoms with Crippen LogP contribution in [0.1, 0.15) is 18.9 Å². The summed E-state index contributed by atoms with van der Waals surface area (Å²) in [4.78, 5) is 10.2. The predicted octanol–water partition coefficient (Wildman–Crippen LogP) is 3.91. The smallest absolute Gasteiger partial charge is 0.332 e. The molecule has 0 unspecified atom stereocenters. The van der Waals surface area contributed by atoms with E-state index in [2.05, 4.69) is 17.9 Å². The summed E-state index contributed by atoms with van der Waals surface area (Å²) >= 11 is 0. The van der Waals surface area contributed by atoms with Crippen LogP contribution in [0.2, 0.25) is 0 Å². The average Bonchev–Trinajstić information content (AvgIpc) is 2.47. The Morgan fingerprint density at radius 1 is 1.35 bits per heavy atom. The van der Waals surface area contributed by atoms with E-state index in [0.717, 1.165) is 5.56 Å². The van der Waals surface area contributed by atoms with Gasteiger partial charge in [-0.2, -0.15) is 5.26 Å². The molecule has 0 saturated heterocycles. The zero-order valence-corrected chi connectivity index (χ0v) is 11.9. The Labute approximate surface area is 120 Å². The van der Waals surface area contributed by atoms with Gasteiger partial charge in [0.2, 0.25) is 0 Å². The number of hydrogen-bond acceptors (Lipinski definition) is 3. The number of carbonyl (C=O) groups is 1. The van der Waals surface area contributed by atoms with Gasteiger partial charge >= 0.3 is 5.97 Å². The topological polar surface area (TPSA) is 50.1 Å². The van der Waals surface area contributed by atoms with Gasteiger partial charge in [0.15, 0.2) is 0 Å². The highest BCUT2D eigenvalue weighted by molar-refractivity contribution is 5.86. The summed E-state index contributed by atoms with van der Waals surface area (Å²) in [6.45, 7) is 8.55. The van der Waals surface area contributed by atoms with Gasteiger partial charge in [0.1, 0.15) is 0 Å². The Morgan fingerprint density at radius 3 is 2.35 bits per heavy atom. The zero-order chi connectivity index (χ0) is 15.4. The van der Waals surface area contributed by atoms with Crippen LogP contribution in [0.25, 0.3) is 6.08 Å². The van der Waals surface area contributed by atoms with E-state index in [-0.39, 0.29) is 5.97 Å². The van der Waals surface area contributed by atoms with Gasteiger partial charge in [-0.15, -0.1) is 0 Å². The van der Waals surface area contributed by atoms with E-state index in [9.17, 15) is 4.79 Å². The Bertz CT molecular complexity index is 522. The number of rotatable bonds is 4. The highest BCUT2D eigenvalue weighted by atomic mass is 16.5. The van der Waals surface area contributed by atoms with E-state index in [1.165, 1.54) is 7.11 Å². The first kappa shape index (κ1) is 17.4. The molecule has 0 radical (unpaired) electrons. The summed E-state index contributed by atoms with van der Waals surface area (Å²) in [7, 11) is 1.33. The summed E-state index contributed by atoms with van der Waals surface area (Å²) in [5, 5.41) is 8.45. The number of carbonyl (C=O) groups excluding carboxylic acids is 1. The van der Waals surface area contributed by atoms with Gasteiger partial charge in [-0.1, -0.05) is 55.6 Å². The van der Waals surface area contributed by atoms with Crippen LogP contribution in [-0.4, -0.2) is 13.1 Å². The number of allylic oxidation sites excluding steroid dienone is 2. The summed E-state index contributed by atoms with van der Waals surface area (Å²) in [5.41, 5.74) is 2.17. The van der Waals surface area contributed by atoms with Gasteiger partial charge in [-0.25, -0.2) is 4.79 Å². The molecule has 0 fully saturated rings. The fourth-order valence-electron chi connectivity index (χ4n) is 1.12. The molecule has 20 heavy (non-hydrogen) atoms. The van der Waals surface area contributed by atoms with E-state index >= 15 is 0 Å². The van der Waals surface area contributed by atoms with E-state index in [1.54, 1.807) is 6.92 Å². The maximum absolute atomic E-state index is 10.2. The number of nitrogens with zero attached hydrogens (tertiary/aromatic N) is 1. The molecule has 3 heteroatoms. The second-order valence-corrected chi connectivity index (χ2v) is 4.00. The lowest BCUT2D eigenvalue weighted by molar-refractivity contribution is -0.136. The molecule has 0 aromatic heterocycles. The Balaban J connectivity index is 0.000000441. The maximum atomic E-state index is 10.2. The lowest BCUT2D eigenvalue weighted by atomic mass is 10.1. The van der Waals surface area contributed by atoms with Gasteiger partial charge < -0.3 is 4.74 Å². The quantitative estimate of drug-likeness (QED) is 0.473. The molecule has 0 aliphatic heterocycles.